The second kappa shape index (κ2) is 5.87. The monoisotopic (exact) mass is 280 g/mol. The van der Waals surface area contributed by atoms with Crippen molar-refractivity contribution in [1.82, 2.24) is 0 Å². The van der Waals surface area contributed by atoms with E-state index < -0.39 is 10.9 Å². The number of hydrogen-bond acceptors (Lipinski definition) is 5. The molecule has 20 heavy (non-hydrogen) atoms. The van der Waals surface area contributed by atoms with Crippen LogP contribution in [0.2, 0.25) is 0 Å². The predicted molar refractivity (Wildman–Crippen MR) is 73.3 cm³/mol. The van der Waals surface area contributed by atoms with Gasteiger partial charge in [-0.15, -0.1) is 0 Å². The Hall–Kier alpha value is -2.15. The number of carbonyl (C=O) groups is 1. The number of nitro groups is 1. The molecule has 1 fully saturated rings. The van der Waals surface area contributed by atoms with Gasteiger partial charge in [0.1, 0.15) is 5.69 Å². The first-order valence-corrected chi connectivity index (χ1v) is 6.46. The molecule has 0 amide bonds. The van der Waals surface area contributed by atoms with Gasteiger partial charge in [0.05, 0.1) is 50.8 Å². The number of nitro benzene ring substituents is 1. The number of ether oxygens (including phenoxy) is 1. The highest BCUT2D eigenvalue weighted by Gasteiger charge is 2.25. The van der Waals surface area contributed by atoms with Crippen LogP contribution in [0, 0.1) is 10.1 Å². The van der Waals surface area contributed by atoms with E-state index >= 15 is 0 Å². The fraction of sp³-hybridized carbons (Fsp3) is 0.462. The molecule has 2 rings (SSSR count). The van der Waals surface area contributed by atoms with Crippen LogP contribution < -0.4 is 9.80 Å². The van der Waals surface area contributed by atoms with Gasteiger partial charge in [-0.2, -0.15) is 0 Å². The molecule has 1 aliphatic heterocycles. The van der Waals surface area contributed by atoms with Crippen molar-refractivity contribution < 1.29 is 19.4 Å². The van der Waals surface area contributed by atoms with E-state index in [1.807, 2.05) is 4.90 Å². The third-order valence-electron chi connectivity index (χ3n) is 3.55. The van der Waals surface area contributed by atoms with Crippen LogP contribution in [0.1, 0.15) is 10.4 Å². The molecule has 0 unspecified atom stereocenters. The molecule has 108 valence electrons. The van der Waals surface area contributed by atoms with Crippen molar-refractivity contribution in [2.24, 2.45) is 0 Å². The number of rotatable bonds is 3. The van der Waals surface area contributed by atoms with Crippen molar-refractivity contribution in [3.8, 4) is 0 Å². The molecule has 1 aliphatic rings. The van der Waals surface area contributed by atoms with Crippen molar-refractivity contribution in [1.29, 1.82) is 0 Å². The van der Waals surface area contributed by atoms with E-state index in [0.29, 0.717) is 5.69 Å². The summed E-state index contributed by atoms with van der Waals surface area (Å²) in [7, 11) is 3.36. The first-order chi connectivity index (χ1) is 9.52. The zero-order valence-corrected chi connectivity index (χ0v) is 11.6. The number of piperazine rings is 1. The van der Waals surface area contributed by atoms with Crippen LogP contribution in [0.4, 0.5) is 11.4 Å². The molecule has 0 aromatic heterocycles. The van der Waals surface area contributed by atoms with E-state index in [2.05, 4.69) is 11.8 Å². The number of benzene rings is 1. The van der Waals surface area contributed by atoms with Gasteiger partial charge in [0.15, 0.2) is 0 Å². The lowest BCUT2D eigenvalue weighted by Gasteiger charge is -2.31. The van der Waals surface area contributed by atoms with Gasteiger partial charge in [0, 0.05) is 6.07 Å². The average Bonchev–Trinajstić information content (AvgIpc) is 2.46. The van der Waals surface area contributed by atoms with Gasteiger partial charge >= 0.3 is 5.97 Å². The number of hydrogen-bond donors (Lipinski definition) is 1. The van der Waals surface area contributed by atoms with Crippen LogP contribution in [-0.4, -0.2) is 51.2 Å². The number of methoxy groups -OCH3 is 1. The van der Waals surface area contributed by atoms with Crippen molar-refractivity contribution in [2.75, 3.05) is 45.2 Å². The highest BCUT2D eigenvalue weighted by Crippen LogP contribution is 2.29. The van der Waals surface area contributed by atoms with Crippen molar-refractivity contribution in [3.05, 3.63) is 33.9 Å². The summed E-state index contributed by atoms with van der Waals surface area (Å²) < 4.78 is 4.59. The standard InChI is InChI=1S/C13H17N3O4/c1-14-5-7-15(8-6-14)11-4-3-10(13(17)20-2)9-12(11)16(18)19/h3-4,9H,5-8H2,1-2H3/p+1. The van der Waals surface area contributed by atoms with Crippen LogP contribution in [-0.2, 0) is 4.74 Å². The second-order valence-electron chi connectivity index (χ2n) is 4.90. The molecule has 1 heterocycles. The first-order valence-electron chi connectivity index (χ1n) is 6.46. The van der Waals surface area contributed by atoms with Gasteiger partial charge < -0.3 is 14.5 Å². The molecule has 0 aliphatic carbocycles. The van der Waals surface area contributed by atoms with E-state index in [1.165, 1.54) is 18.1 Å². The Morgan fingerprint density at radius 3 is 2.60 bits per heavy atom. The van der Waals surface area contributed by atoms with Gasteiger partial charge in [0.2, 0.25) is 0 Å². The van der Waals surface area contributed by atoms with E-state index in [9.17, 15) is 14.9 Å². The Kier molecular flexibility index (Phi) is 4.19. The van der Waals surface area contributed by atoms with Crippen LogP contribution in [0.5, 0.6) is 0 Å². The molecule has 7 nitrogen and oxygen atoms in total. The third kappa shape index (κ3) is 2.88. The summed E-state index contributed by atoms with van der Waals surface area (Å²) in [5.74, 6) is -0.567. The number of carbonyl (C=O) groups excluding carboxylic acids is 1. The van der Waals surface area contributed by atoms with E-state index in [1.54, 1.807) is 12.1 Å². The molecule has 1 aromatic rings. The maximum Gasteiger partial charge on any atom is 0.338 e. The molecule has 1 aromatic carbocycles. The highest BCUT2D eigenvalue weighted by atomic mass is 16.6. The Labute approximate surface area is 116 Å². The number of likely N-dealkylation sites (N-methyl/N-ethyl adjacent to an activating group) is 1. The molecular weight excluding hydrogens is 262 g/mol. The zero-order chi connectivity index (χ0) is 14.7. The number of nitrogens with one attached hydrogen (secondary N) is 1. The topological polar surface area (TPSA) is 77.1 Å². The Bertz CT molecular complexity index is 524. The van der Waals surface area contributed by atoms with Gasteiger partial charge in [-0.3, -0.25) is 10.1 Å². The van der Waals surface area contributed by atoms with Crippen LogP contribution in [0.15, 0.2) is 18.2 Å². The SMILES string of the molecule is COC(=O)c1ccc(N2CC[NH+](C)CC2)c([N+](=O)[O-])c1. The van der Waals surface area contributed by atoms with Gasteiger partial charge in [-0.25, -0.2) is 4.79 Å². The van der Waals surface area contributed by atoms with Crippen molar-refractivity contribution >= 4 is 17.3 Å². The summed E-state index contributed by atoms with van der Waals surface area (Å²) >= 11 is 0. The van der Waals surface area contributed by atoms with Crippen LogP contribution >= 0.6 is 0 Å². The van der Waals surface area contributed by atoms with E-state index in [4.69, 9.17) is 0 Å². The van der Waals surface area contributed by atoms with Crippen LogP contribution in [0.3, 0.4) is 0 Å². The normalized spacial score (nSPS) is 16.0. The summed E-state index contributed by atoms with van der Waals surface area (Å²) in [6.07, 6.45) is 0. The maximum atomic E-state index is 11.5. The number of esters is 1. The minimum atomic E-state index is -0.567. The Morgan fingerprint density at radius 1 is 1.40 bits per heavy atom. The largest absolute Gasteiger partial charge is 0.465 e. The van der Waals surface area contributed by atoms with E-state index in [0.717, 1.165) is 26.2 Å². The average molecular weight is 280 g/mol. The van der Waals surface area contributed by atoms with Crippen molar-refractivity contribution in [2.45, 2.75) is 0 Å². The number of nitrogens with zero attached hydrogens (tertiary/aromatic N) is 2. The van der Waals surface area contributed by atoms with Crippen LogP contribution in [0.25, 0.3) is 0 Å². The molecule has 1 N–H and O–H groups in total. The molecule has 7 heteroatoms. The van der Waals surface area contributed by atoms with Gasteiger partial charge in [-0.05, 0) is 12.1 Å². The third-order valence-corrected chi connectivity index (χ3v) is 3.55. The molecule has 0 radical (unpaired) electrons. The number of anilines is 1. The molecule has 0 bridgehead atoms. The lowest BCUT2D eigenvalue weighted by molar-refractivity contribution is -0.880. The maximum absolute atomic E-state index is 11.5. The summed E-state index contributed by atoms with van der Waals surface area (Å²) in [5.41, 5.74) is 0.713. The minimum absolute atomic E-state index is 0.0487. The van der Waals surface area contributed by atoms with Gasteiger partial charge in [0.25, 0.3) is 5.69 Å². The van der Waals surface area contributed by atoms with Crippen molar-refractivity contribution in [3.63, 3.8) is 0 Å². The molecule has 0 atom stereocenters. The minimum Gasteiger partial charge on any atom is -0.465 e. The quantitative estimate of drug-likeness (QED) is 0.468. The second-order valence-corrected chi connectivity index (χ2v) is 4.90. The predicted octanol–water partition coefficient (Wildman–Crippen LogP) is -0.284. The number of quaternary nitrogens is 1. The Balaban J connectivity index is 2.33. The molecule has 0 saturated carbocycles. The zero-order valence-electron chi connectivity index (χ0n) is 11.6. The lowest BCUT2D eigenvalue weighted by Crippen LogP contribution is -3.12. The summed E-state index contributed by atoms with van der Waals surface area (Å²) in [6.45, 7) is 3.42. The fourth-order valence-corrected chi connectivity index (χ4v) is 2.31. The molecule has 0 spiro atoms. The lowest BCUT2D eigenvalue weighted by atomic mass is 10.1. The smallest absolute Gasteiger partial charge is 0.338 e. The highest BCUT2D eigenvalue weighted by molar-refractivity contribution is 5.91. The van der Waals surface area contributed by atoms with E-state index in [-0.39, 0.29) is 11.3 Å². The molecule has 1 saturated heterocycles. The fourth-order valence-electron chi connectivity index (χ4n) is 2.31. The summed E-state index contributed by atoms with van der Waals surface area (Å²) in [6, 6.07) is 4.48. The first kappa shape index (κ1) is 14.3. The Morgan fingerprint density at radius 2 is 2.05 bits per heavy atom. The van der Waals surface area contributed by atoms with Gasteiger partial charge in [-0.1, -0.05) is 0 Å². The summed E-state index contributed by atoms with van der Waals surface area (Å²) in [5, 5.41) is 11.2. The molecular formula is C13H18N3O4+. The summed E-state index contributed by atoms with van der Waals surface area (Å²) in [4.78, 5) is 25.6.